The minimum Gasteiger partial charge on any atom is -0.352 e. The number of likely N-dealkylation sites (tertiary alicyclic amines) is 1. The van der Waals surface area contributed by atoms with E-state index in [0.717, 1.165) is 30.4 Å². The van der Waals surface area contributed by atoms with Crippen molar-refractivity contribution in [1.29, 1.82) is 0 Å². The molecule has 2 heterocycles. The van der Waals surface area contributed by atoms with Crippen LogP contribution >= 0.6 is 11.3 Å². The first-order valence-electron chi connectivity index (χ1n) is 9.73. The number of benzene rings is 1. The first-order valence-corrected chi connectivity index (χ1v) is 10.5. The van der Waals surface area contributed by atoms with Gasteiger partial charge in [0.1, 0.15) is 5.01 Å². The molecule has 0 saturated carbocycles. The number of hydrogen-bond donors (Lipinski definition) is 2. The van der Waals surface area contributed by atoms with Crippen LogP contribution in [0.5, 0.6) is 0 Å². The SMILES string of the molecule is Cc1nnc(C(=O)Nc2ccc(C(=O)NCCCN3CCC[C@@H](C)C3)cc2)s1. The highest BCUT2D eigenvalue weighted by Gasteiger charge is 2.16. The zero-order chi connectivity index (χ0) is 19.9. The van der Waals surface area contributed by atoms with Crippen LogP contribution in [0.15, 0.2) is 24.3 Å². The molecular formula is C20H27N5O2S. The van der Waals surface area contributed by atoms with Gasteiger partial charge in [-0.2, -0.15) is 0 Å². The summed E-state index contributed by atoms with van der Waals surface area (Å²) in [5.74, 6) is 0.387. The highest BCUT2D eigenvalue weighted by Crippen LogP contribution is 2.16. The van der Waals surface area contributed by atoms with Crippen LogP contribution in [0.2, 0.25) is 0 Å². The fourth-order valence-electron chi connectivity index (χ4n) is 3.37. The maximum absolute atomic E-state index is 12.3. The van der Waals surface area contributed by atoms with E-state index in [9.17, 15) is 9.59 Å². The Hall–Kier alpha value is -2.32. The topological polar surface area (TPSA) is 87.2 Å². The predicted octanol–water partition coefficient (Wildman–Crippen LogP) is 2.95. The van der Waals surface area contributed by atoms with Gasteiger partial charge in [0, 0.05) is 24.3 Å². The molecule has 7 nitrogen and oxygen atoms in total. The Morgan fingerprint density at radius 3 is 2.68 bits per heavy atom. The molecule has 1 aliphatic heterocycles. The normalized spacial score (nSPS) is 17.3. The van der Waals surface area contributed by atoms with Crippen molar-refractivity contribution in [3.8, 4) is 0 Å². The first-order chi connectivity index (χ1) is 13.5. The van der Waals surface area contributed by atoms with Gasteiger partial charge in [-0.3, -0.25) is 9.59 Å². The van der Waals surface area contributed by atoms with Crippen LogP contribution in [-0.4, -0.2) is 53.1 Å². The zero-order valence-corrected chi connectivity index (χ0v) is 17.2. The van der Waals surface area contributed by atoms with Crippen molar-refractivity contribution < 1.29 is 9.59 Å². The molecule has 0 radical (unpaired) electrons. The third-order valence-electron chi connectivity index (χ3n) is 4.80. The summed E-state index contributed by atoms with van der Waals surface area (Å²) in [6.45, 7) is 8.13. The molecule has 1 fully saturated rings. The van der Waals surface area contributed by atoms with E-state index in [0.29, 0.717) is 22.8 Å². The number of rotatable bonds is 7. The van der Waals surface area contributed by atoms with E-state index in [4.69, 9.17) is 0 Å². The molecule has 2 N–H and O–H groups in total. The van der Waals surface area contributed by atoms with Crippen LogP contribution < -0.4 is 10.6 Å². The fraction of sp³-hybridized carbons (Fsp3) is 0.500. The number of nitrogens with zero attached hydrogens (tertiary/aromatic N) is 3. The lowest BCUT2D eigenvalue weighted by Gasteiger charge is -2.30. The van der Waals surface area contributed by atoms with Gasteiger partial charge in [-0.1, -0.05) is 18.3 Å². The summed E-state index contributed by atoms with van der Waals surface area (Å²) in [6.07, 6.45) is 3.55. The Balaban J connectivity index is 1.41. The second-order valence-corrected chi connectivity index (χ2v) is 8.50. The third-order valence-corrected chi connectivity index (χ3v) is 5.64. The van der Waals surface area contributed by atoms with Gasteiger partial charge in [-0.15, -0.1) is 10.2 Å². The summed E-state index contributed by atoms with van der Waals surface area (Å²) in [7, 11) is 0. The maximum atomic E-state index is 12.3. The lowest BCUT2D eigenvalue weighted by molar-refractivity contribution is 0.0949. The van der Waals surface area contributed by atoms with E-state index in [1.54, 1.807) is 31.2 Å². The van der Waals surface area contributed by atoms with Crippen LogP contribution in [0.25, 0.3) is 0 Å². The van der Waals surface area contributed by atoms with Crippen LogP contribution in [0.1, 0.15) is 51.4 Å². The Kier molecular flexibility index (Phi) is 7.11. The van der Waals surface area contributed by atoms with Gasteiger partial charge in [0.25, 0.3) is 11.8 Å². The van der Waals surface area contributed by atoms with Crippen LogP contribution in [0.4, 0.5) is 5.69 Å². The highest BCUT2D eigenvalue weighted by atomic mass is 32.1. The third kappa shape index (κ3) is 5.84. The van der Waals surface area contributed by atoms with Gasteiger partial charge in [0.15, 0.2) is 0 Å². The molecule has 2 amide bonds. The number of amides is 2. The van der Waals surface area contributed by atoms with Gasteiger partial charge in [0.05, 0.1) is 0 Å². The molecule has 0 bridgehead atoms. The molecule has 1 aromatic heterocycles. The quantitative estimate of drug-likeness (QED) is 0.697. The van der Waals surface area contributed by atoms with Crippen molar-refractivity contribution in [3.05, 3.63) is 39.8 Å². The predicted molar refractivity (Wildman–Crippen MR) is 111 cm³/mol. The smallest absolute Gasteiger partial charge is 0.286 e. The zero-order valence-electron chi connectivity index (χ0n) is 16.4. The largest absolute Gasteiger partial charge is 0.352 e. The summed E-state index contributed by atoms with van der Waals surface area (Å²) in [6, 6.07) is 6.86. The lowest BCUT2D eigenvalue weighted by Crippen LogP contribution is -2.36. The van der Waals surface area contributed by atoms with Crippen molar-refractivity contribution in [1.82, 2.24) is 20.4 Å². The van der Waals surface area contributed by atoms with Crippen molar-refractivity contribution in [2.75, 3.05) is 31.5 Å². The molecule has 8 heteroatoms. The molecule has 0 unspecified atom stereocenters. The summed E-state index contributed by atoms with van der Waals surface area (Å²) in [4.78, 5) is 26.8. The second kappa shape index (κ2) is 9.75. The molecule has 3 rings (SSSR count). The second-order valence-electron chi connectivity index (χ2n) is 7.32. The highest BCUT2D eigenvalue weighted by molar-refractivity contribution is 7.13. The van der Waals surface area contributed by atoms with Gasteiger partial charge in [-0.05, 0) is 69.5 Å². The average Bonchev–Trinajstić information content (AvgIpc) is 3.12. The number of anilines is 1. The van der Waals surface area contributed by atoms with E-state index in [2.05, 4.69) is 32.7 Å². The van der Waals surface area contributed by atoms with Crippen LogP contribution in [0, 0.1) is 12.8 Å². The molecule has 1 aliphatic rings. The molecule has 1 saturated heterocycles. The first kappa shape index (κ1) is 20.4. The van der Waals surface area contributed by atoms with E-state index in [-0.39, 0.29) is 11.8 Å². The molecule has 0 aliphatic carbocycles. The summed E-state index contributed by atoms with van der Waals surface area (Å²) in [5, 5.41) is 14.5. The van der Waals surface area contributed by atoms with E-state index < -0.39 is 0 Å². The number of hydrogen-bond acceptors (Lipinski definition) is 6. The number of piperidine rings is 1. The molecule has 28 heavy (non-hydrogen) atoms. The van der Waals surface area contributed by atoms with Crippen molar-refractivity contribution in [2.24, 2.45) is 5.92 Å². The van der Waals surface area contributed by atoms with E-state index in [1.165, 1.54) is 30.7 Å². The molecule has 0 spiro atoms. The van der Waals surface area contributed by atoms with Crippen LogP contribution in [0.3, 0.4) is 0 Å². The Morgan fingerprint density at radius 2 is 2.00 bits per heavy atom. The number of aryl methyl sites for hydroxylation is 1. The number of carbonyl (C=O) groups excluding carboxylic acids is 2. The average molecular weight is 402 g/mol. The maximum Gasteiger partial charge on any atom is 0.286 e. The molecule has 1 aromatic carbocycles. The van der Waals surface area contributed by atoms with Gasteiger partial charge < -0.3 is 15.5 Å². The van der Waals surface area contributed by atoms with Gasteiger partial charge in [-0.25, -0.2) is 0 Å². The van der Waals surface area contributed by atoms with Crippen LogP contribution in [-0.2, 0) is 0 Å². The Bertz CT molecular complexity index is 805. The fourth-order valence-corrected chi connectivity index (χ4v) is 3.96. The Morgan fingerprint density at radius 1 is 1.21 bits per heavy atom. The standard InChI is InChI=1S/C20H27N5O2S/c1-14-5-3-11-25(13-14)12-4-10-21-18(26)16-6-8-17(9-7-16)22-19(27)20-24-23-15(2)28-20/h6-9,14H,3-5,10-13H2,1-2H3,(H,21,26)(H,22,27)/t14-/m1/s1. The van der Waals surface area contributed by atoms with Crippen molar-refractivity contribution in [2.45, 2.75) is 33.1 Å². The van der Waals surface area contributed by atoms with Crippen molar-refractivity contribution >= 4 is 28.8 Å². The summed E-state index contributed by atoms with van der Waals surface area (Å²) in [5.41, 5.74) is 1.20. The van der Waals surface area contributed by atoms with E-state index in [1.807, 2.05) is 0 Å². The minimum atomic E-state index is -0.296. The summed E-state index contributed by atoms with van der Waals surface area (Å²) < 4.78 is 0. The number of carbonyl (C=O) groups is 2. The molecular weight excluding hydrogens is 374 g/mol. The van der Waals surface area contributed by atoms with E-state index >= 15 is 0 Å². The van der Waals surface area contributed by atoms with Crippen molar-refractivity contribution in [3.63, 3.8) is 0 Å². The molecule has 1 atom stereocenters. The summed E-state index contributed by atoms with van der Waals surface area (Å²) >= 11 is 1.24. The number of nitrogens with one attached hydrogen (secondary N) is 2. The minimum absolute atomic E-state index is 0.0929. The molecule has 2 aromatic rings. The monoisotopic (exact) mass is 401 g/mol. The number of aromatic nitrogens is 2. The Labute approximate surface area is 169 Å². The lowest BCUT2D eigenvalue weighted by atomic mass is 10.0. The van der Waals surface area contributed by atoms with Gasteiger partial charge in [0.2, 0.25) is 5.01 Å². The molecule has 150 valence electrons. The van der Waals surface area contributed by atoms with Gasteiger partial charge >= 0.3 is 0 Å².